The molecule has 0 radical (unpaired) electrons. The first kappa shape index (κ1) is 15.0. The molecule has 0 bridgehead atoms. The van der Waals surface area contributed by atoms with Gasteiger partial charge in [-0.1, -0.05) is 0 Å². The van der Waals surface area contributed by atoms with E-state index in [1.54, 1.807) is 13.8 Å². The Bertz CT molecular complexity index is 432. The molecule has 1 N–H and O–H groups in total. The minimum absolute atomic E-state index is 0.424. The van der Waals surface area contributed by atoms with E-state index in [2.05, 4.69) is 0 Å². The van der Waals surface area contributed by atoms with Gasteiger partial charge in [-0.05, 0) is 68.0 Å². The Balaban J connectivity index is 3.33. The van der Waals surface area contributed by atoms with Gasteiger partial charge in [-0.15, -0.1) is 0 Å². The van der Waals surface area contributed by atoms with Gasteiger partial charge < -0.3 is 5.11 Å². The van der Waals surface area contributed by atoms with E-state index in [4.69, 9.17) is 0 Å². The number of hydrogen-bond acceptors (Lipinski definition) is 1. The lowest BCUT2D eigenvalue weighted by Gasteiger charge is -2.23. The van der Waals surface area contributed by atoms with E-state index in [0.29, 0.717) is 5.56 Å². The second-order valence-corrected chi connectivity index (χ2v) is 4.87. The number of aliphatic hydroxyl groups is 1. The Labute approximate surface area is 106 Å². The van der Waals surface area contributed by atoms with Crippen molar-refractivity contribution >= 4 is 0 Å². The van der Waals surface area contributed by atoms with Crippen molar-refractivity contribution in [2.45, 2.75) is 53.3 Å². The van der Waals surface area contributed by atoms with Gasteiger partial charge in [0.1, 0.15) is 0 Å². The summed E-state index contributed by atoms with van der Waals surface area (Å²) in [6, 6.07) is 0. The normalized spacial score (nSPS) is 13.8. The number of hydrogen-bond donors (Lipinski definition) is 1. The largest absolute Gasteiger partial charge is 0.391 e. The summed E-state index contributed by atoms with van der Waals surface area (Å²) in [6.07, 6.45) is -7.04. The maximum Gasteiger partial charge on any atom is 0.391 e. The zero-order valence-corrected chi connectivity index (χ0v) is 11.4. The minimum Gasteiger partial charge on any atom is -0.388 e. The van der Waals surface area contributed by atoms with Crippen molar-refractivity contribution < 1.29 is 18.3 Å². The highest BCUT2D eigenvalue weighted by atomic mass is 19.4. The van der Waals surface area contributed by atoms with Crippen LogP contribution < -0.4 is 0 Å². The highest BCUT2D eigenvalue weighted by Crippen LogP contribution is 2.35. The van der Waals surface area contributed by atoms with Crippen LogP contribution in [0.2, 0.25) is 0 Å². The summed E-state index contributed by atoms with van der Waals surface area (Å²) in [5, 5.41) is 9.84. The number of rotatable bonds is 2. The molecule has 0 fully saturated rings. The second-order valence-electron chi connectivity index (χ2n) is 4.87. The summed E-state index contributed by atoms with van der Waals surface area (Å²) in [5.41, 5.74) is 4.92. The molecular weight excluding hydrogens is 241 g/mol. The van der Waals surface area contributed by atoms with Crippen LogP contribution in [0, 0.1) is 34.6 Å². The molecule has 0 amide bonds. The molecule has 0 aliphatic carbocycles. The number of alkyl halides is 3. The molecule has 0 saturated heterocycles. The molecule has 1 nitrogen and oxygen atoms in total. The van der Waals surface area contributed by atoms with Crippen molar-refractivity contribution in [1.82, 2.24) is 0 Å². The van der Waals surface area contributed by atoms with Gasteiger partial charge in [-0.3, -0.25) is 0 Å². The topological polar surface area (TPSA) is 20.2 Å². The summed E-state index contributed by atoms with van der Waals surface area (Å²) < 4.78 is 37.1. The molecule has 0 heterocycles. The van der Waals surface area contributed by atoms with Gasteiger partial charge in [0.15, 0.2) is 0 Å². The molecule has 0 aliphatic heterocycles. The lowest BCUT2D eigenvalue weighted by atomic mass is 9.86. The SMILES string of the molecule is Cc1c(C)c(C)c(C(O)CC(F)(F)F)c(C)c1C. The summed E-state index contributed by atoms with van der Waals surface area (Å²) in [6.45, 7) is 9.24. The standard InChI is InChI=1S/C14H19F3O/c1-7-8(2)10(4)13(11(5)9(7)3)12(18)6-14(15,16)17/h12,18H,6H2,1-5H3. The summed E-state index contributed by atoms with van der Waals surface area (Å²) >= 11 is 0. The van der Waals surface area contributed by atoms with Crippen LogP contribution in [-0.4, -0.2) is 11.3 Å². The predicted molar refractivity (Wildman–Crippen MR) is 65.8 cm³/mol. The second kappa shape index (κ2) is 4.92. The number of benzene rings is 1. The summed E-state index contributed by atoms with van der Waals surface area (Å²) in [7, 11) is 0. The molecule has 1 atom stereocenters. The first-order valence-corrected chi connectivity index (χ1v) is 5.88. The van der Waals surface area contributed by atoms with Gasteiger partial charge >= 0.3 is 6.18 Å². The van der Waals surface area contributed by atoms with E-state index in [1.807, 2.05) is 20.8 Å². The molecule has 1 unspecified atom stereocenters. The zero-order chi connectivity index (χ0) is 14.2. The summed E-state index contributed by atoms with van der Waals surface area (Å²) in [5.74, 6) is 0. The van der Waals surface area contributed by atoms with Crippen molar-refractivity contribution in [1.29, 1.82) is 0 Å². The van der Waals surface area contributed by atoms with Crippen LogP contribution >= 0.6 is 0 Å². The molecule has 4 heteroatoms. The molecule has 102 valence electrons. The van der Waals surface area contributed by atoms with E-state index in [1.165, 1.54) is 0 Å². The van der Waals surface area contributed by atoms with Crippen LogP contribution in [0.5, 0.6) is 0 Å². The first-order chi connectivity index (χ1) is 8.06. The van der Waals surface area contributed by atoms with Crippen molar-refractivity contribution in [2.75, 3.05) is 0 Å². The quantitative estimate of drug-likeness (QED) is 0.844. The van der Waals surface area contributed by atoms with Crippen LogP contribution in [0.3, 0.4) is 0 Å². The van der Waals surface area contributed by atoms with E-state index in [0.717, 1.165) is 27.8 Å². The van der Waals surface area contributed by atoms with Crippen molar-refractivity contribution in [3.8, 4) is 0 Å². The fourth-order valence-electron chi connectivity index (χ4n) is 2.35. The van der Waals surface area contributed by atoms with E-state index in [-0.39, 0.29) is 0 Å². The molecule has 0 aromatic heterocycles. The third-order valence-corrected chi connectivity index (χ3v) is 3.82. The lowest BCUT2D eigenvalue weighted by molar-refractivity contribution is -0.154. The third kappa shape index (κ3) is 2.86. The van der Waals surface area contributed by atoms with Gasteiger partial charge in [0.05, 0.1) is 12.5 Å². The maximum atomic E-state index is 12.4. The molecule has 1 aromatic carbocycles. The fourth-order valence-corrected chi connectivity index (χ4v) is 2.35. The Morgan fingerprint density at radius 2 is 1.17 bits per heavy atom. The van der Waals surface area contributed by atoms with E-state index >= 15 is 0 Å². The highest BCUT2D eigenvalue weighted by molar-refractivity contribution is 5.50. The molecule has 0 aliphatic rings. The molecule has 0 saturated carbocycles. The molecule has 0 spiro atoms. The predicted octanol–water partition coefficient (Wildman–Crippen LogP) is 4.21. The zero-order valence-electron chi connectivity index (χ0n) is 11.4. The first-order valence-electron chi connectivity index (χ1n) is 5.88. The number of aliphatic hydroxyl groups excluding tert-OH is 1. The van der Waals surface area contributed by atoms with Crippen molar-refractivity contribution in [3.63, 3.8) is 0 Å². The van der Waals surface area contributed by atoms with Crippen LogP contribution in [0.4, 0.5) is 13.2 Å². The van der Waals surface area contributed by atoms with Gasteiger partial charge in [0.2, 0.25) is 0 Å². The van der Waals surface area contributed by atoms with Gasteiger partial charge in [-0.25, -0.2) is 0 Å². The lowest BCUT2D eigenvalue weighted by Crippen LogP contribution is -2.16. The fraction of sp³-hybridized carbons (Fsp3) is 0.571. The summed E-state index contributed by atoms with van der Waals surface area (Å²) in [4.78, 5) is 0. The van der Waals surface area contributed by atoms with Crippen LogP contribution in [-0.2, 0) is 0 Å². The maximum absolute atomic E-state index is 12.4. The van der Waals surface area contributed by atoms with E-state index in [9.17, 15) is 18.3 Å². The Kier molecular flexibility index (Phi) is 4.11. The van der Waals surface area contributed by atoms with Gasteiger partial charge in [-0.2, -0.15) is 13.2 Å². The van der Waals surface area contributed by atoms with Crippen molar-refractivity contribution in [3.05, 3.63) is 33.4 Å². The highest BCUT2D eigenvalue weighted by Gasteiger charge is 2.33. The minimum atomic E-state index is -4.36. The molecule has 1 aromatic rings. The molecule has 18 heavy (non-hydrogen) atoms. The number of halogens is 3. The smallest absolute Gasteiger partial charge is 0.388 e. The van der Waals surface area contributed by atoms with E-state index < -0.39 is 18.7 Å². The Morgan fingerprint density at radius 1 is 0.833 bits per heavy atom. The van der Waals surface area contributed by atoms with Gasteiger partial charge in [0.25, 0.3) is 0 Å². The van der Waals surface area contributed by atoms with Crippen LogP contribution in [0.1, 0.15) is 45.9 Å². The third-order valence-electron chi connectivity index (χ3n) is 3.82. The monoisotopic (exact) mass is 260 g/mol. The van der Waals surface area contributed by atoms with Crippen LogP contribution in [0.25, 0.3) is 0 Å². The average molecular weight is 260 g/mol. The van der Waals surface area contributed by atoms with Gasteiger partial charge in [0, 0.05) is 0 Å². The molecule has 1 rings (SSSR count). The Hall–Kier alpha value is -1.03. The average Bonchev–Trinajstić information content (AvgIpc) is 2.21. The molecular formula is C14H19F3O. The van der Waals surface area contributed by atoms with Crippen molar-refractivity contribution in [2.24, 2.45) is 0 Å². The van der Waals surface area contributed by atoms with Crippen LogP contribution in [0.15, 0.2) is 0 Å². The Morgan fingerprint density at radius 3 is 1.50 bits per heavy atom.